The summed E-state index contributed by atoms with van der Waals surface area (Å²) in [5.74, 6) is 1.05. The van der Waals surface area contributed by atoms with E-state index in [0.717, 1.165) is 38.3 Å². The minimum Gasteiger partial charge on any atom is -0.356 e. The lowest BCUT2D eigenvalue weighted by atomic mass is 9.70. The van der Waals surface area contributed by atoms with Crippen LogP contribution in [-0.4, -0.2) is 25.5 Å². The van der Waals surface area contributed by atoms with Gasteiger partial charge in [0.2, 0.25) is 5.91 Å². The van der Waals surface area contributed by atoms with Crippen molar-refractivity contribution in [3.8, 4) is 0 Å². The van der Waals surface area contributed by atoms with Crippen molar-refractivity contribution < 1.29 is 4.79 Å². The molecule has 3 nitrogen and oxygen atoms in total. The number of rotatable bonds is 4. The van der Waals surface area contributed by atoms with Crippen molar-refractivity contribution in [3.63, 3.8) is 0 Å². The lowest BCUT2D eigenvalue weighted by Crippen LogP contribution is -2.44. The number of amides is 1. The lowest BCUT2D eigenvalue weighted by molar-refractivity contribution is -0.134. The van der Waals surface area contributed by atoms with Gasteiger partial charge in [0.15, 0.2) is 0 Å². The number of nitrogens with one attached hydrogen (secondary N) is 2. The molecule has 1 aliphatic heterocycles. The highest BCUT2D eigenvalue weighted by molar-refractivity contribution is 5.85. The van der Waals surface area contributed by atoms with E-state index in [1.165, 1.54) is 25.8 Å². The first-order valence-corrected chi connectivity index (χ1v) is 6.70. The van der Waals surface area contributed by atoms with Crippen LogP contribution in [0.5, 0.6) is 0 Å². The molecular weight excluding hydrogens is 236 g/mol. The predicted molar refractivity (Wildman–Crippen MR) is 72.4 cm³/mol. The molecule has 0 aromatic rings. The average Bonchev–Trinajstić information content (AvgIpc) is 2.27. The summed E-state index contributed by atoms with van der Waals surface area (Å²) in [7, 11) is 0. The Morgan fingerprint density at radius 1 is 1.41 bits per heavy atom. The fourth-order valence-corrected chi connectivity index (χ4v) is 2.71. The Morgan fingerprint density at radius 3 is 2.71 bits per heavy atom. The number of hydrogen-bond acceptors (Lipinski definition) is 2. The van der Waals surface area contributed by atoms with Gasteiger partial charge in [-0.05, 0) is 51.1 Å². The molecule has 4 heteroatoms. The van der Waals surface area contributed by atoms with Crippen LogP contribution in [0.2, 0.25) is 0 Å². The molecule has 1 saturated heterocycles. The van der Waals surface area contributed by atoms with Gasteiger partial charge in [-0.2, -0.15) is 0 Å². The second-order valence-corrected chi connectivity index (χ2v) is 5.67. The van der Waals surface area contributed by atoms with Crippen molar-refractivity contribution in [1.82, 2.24) is 10.6 Å². The fraction of sp³-hybridized carbons (Fsp3) is 0.923. The molecule has 0 bridgehead atoms. The molecule has 2 fully saturated rings. The van der Waals surface area contributed by atoms with E-state index in [9.17, 15) is 4.79 Å². The van der Waals surface area contributed by atoms with Crippen molar-refractivity contribution in [2.45, 2.75) is 45.4 Å². The van der Waals surface area contributed by atoms with Crippen LogP contribution in [-0.2, 0) is 4.79 Å². The third kappa shape index (κ3) is 3.85. The summed E-state index contributed by atoms with van der Waals surface area (Å²) in [5, 5.41) is 6.52. The quantitative estimate of drug-likeness (QED) is 0.813. The Morgan fingerprint density at radius 2 is 2.18 bits per heavy atom. The Labute approximate surface area is 111 Å². The molecule has 0 aromatic heterocycles. The van der Waals surface area contributed by atoms with Gasteiger partial charge in [-0.25, -0.2) is 0 Å². The van der Waals surface area contributed by atoms with Crippen LogP contribution in [0.1, 0.15) is 45.4 Å². The molecule has 2 rings (SSSR count). The molecule has 0 spiro atoms. The Bertz CT molecular complexity index is 248. The van der Waals surface area contributed by atoms with Crippen LogP contribution in [0, 0.1) is 11.3 Å². The number of hydrogen-bond donors (Lipinski definition) is 2. The summed E-state index contributed by atoms with van der Waals surface area (Å²) < 4.78 is 0. The van der Waals surface area contributed by atoms with Crippen LogP contribution in [0.3, 0.4) is 0 Å². The van der Waals surface area contributed by atoms with Crippen molar-refractivity contribution in [2.75, 3.05) is 19.6 Å². The lowest BCUT2D eigenvalue weighted by Gasteiger charge is -2.36. The smallest absolute Gasteiger partial charge is 0.225 e. The highest BCUT2D eigenvalue weighted by atomic mass is 35.5. The number of halogens is 1. The minimum absolute atomic E-state index is 0. The molecule has 2 aliphatic rings. The zero-order valence-electron chi connectivity index (χ0n) is 10.8. The van der Waals surface area contributed by atoms with Gasteiger partial charge >= 0.3 is 0 Å². The zero-order chi connectivity index (χ0) is 11.4. The molecule has 1 amide bonds. The first kappa shape index (κ1) is 14.8. The van der Waals surface area contributed by atoms with Gasteiger partial charge in [-0.3, -0.25) is 4.79 Å². The van der Waals surface area contributed by atoms with Gasteiger partial charge in [0.1, 0.15) is 0 Å². The van der Waals surface area contributed by atoms with Gasteiger partial charge in [0, 0.05) is 12.0 Å². The van der Waals surface area contributed by atoms with E-state index in [2.05, 4.69) is 17.6 Å². The molecular formula is C13H25ClN2O. The van der Waals surface area contributed by atoms with E-state index >= 15 is 0 Å². The maximum absolute atomic E-state index is 11.9. The Balaban J connectivity index is 0.00000144. The van der Waals surface area contributed by atoms with Crippen molar-refractivity contribution >= 4 is 18.3 Å². The molecule has 1 aliphatic carbocycles. The monoisotopic (exact) mass is 260 g/mol. The van der Waals surface area contributed by atoms with Crippen LogP contribution in [0.4, 0.5) is 0 Å². The van der Waals surface area contributed by atoms with Gasteiger partial charge < -0.3 is 10.6 Å². The Kier molecular flexibility index (Phi) is 5.74. The topological polar surface area (TPSA) is 41.1 Å². The first-order valence-electron chi connectivity index (χ1n) is 6.70. The predicted octanol–water partition coefficient (Wildman–Crippen LogP) is 2.10. The van der Waals surface area contributed by atoms with Crippen LogP contribution < -0.4 is 10.6 Å². The summed E-state index contributed by atoms with van der Waals surface area (Å²) in [6.45, 7) is 5.25. The van der Waals surface area contributed by atoms with E-state index in [4.69, 9.17) is 0 Å². The average molecular weight is 261 g/mol. The summed E-state index contributed by atoms with van der Waals surface area (Å²) >= 11 is 0. The van der Waals surface area contributed by atoms with Gasteiger partial charge in [0.25, 0.3) is 0 Å². The number of piperidine rings is 1. The van der Waals surface area contributed by atoms with Crippen molar-refractivity contribution in [1.29, 1.82) is 0 Å². The summed E-state index contributed by atoms with van der Waals surface area (Å²) in [4.78, 5) is 11.9. The van der Waals surface area contributed by atoms with Gasteiger partial charge in [-0.15, -0.1) is 12.4 Å². The third-order valence-corrected chi connectivity index (χ3v) is 4.24. The third-order valence-electron chi connectivity index (χ3n) is 4.24. The molecule has 1 saturated carbocycles. The Hall–Kier alpha value is -0.280. The van der Waals surface area contributed by atoms with E-state index < -0.39 is 0 Å². The first-order chi connectivity index (χ1) is 7.71. The maximum atomic E-state index is 11.9. The fourth-order valence-electron chi connectivity index (χ4n) is 2.71. The van der Waals surface area contributed by atoms with Crippen LogP contribution >= 0.6 is 12.4 Å². The highest BCUT2D eigenvalue weighted by Gasteiger charge is 2.38. The summed E-state index contributed by atoms with van der Waals surface area (Å²) in [6.07, 6.45) is 7.11. The molecule has 100 valence electrons. The standard InChI is InChI=1S/C13H24N2O.ClH/c1-13(6-3-7-13)12(16)15-9-5-11-4-2-8-14-10-11;/h11,14H,2-10H2,1H3,(H,15,16);1H. The van der Waals surface area contributed by atoms with E-state index in [1.807, 2.05) is 0 Å². The minimum atomic E-state index is -0.0369. The molecule has 0 radical (unpaired) electrons. The van der Waals surface area contributed by atoms with E-state index in [-0.39, 0.29) is 23.7 Å². The van der Waals surface area contributed by atoms with Crippen molar-refractivity contribution in [2.24, 2.45) is 11.3 Å². The van der Waals surface area contributed by atoms with Crippen molar-refractivity contribution in [3.05, 3.63) is 0 Å². The second kappa shape index (κ2) is 6.60. The normalized spacial score (nSPS) is 26.5. The van der Waals surface area contributed by atoms with Gasteiger partial charge in [0.05, 0.1) is 0 Å². The maximum Gasteiger partial charge on any atom is 0.225 e. The van der Waals surface area contributed by atoms with E-state index in [1.54, 1.807) is 0 Å². The molecule has 17 heavy (non-hydrogen) atoms. The highest BCUT2D eigenvalue weighted by Crippen LogP contribution is 2.40. The summed E-state index contributed by atoms with van der Waals surface area (Å²) in [5.41, 5.74) is -0.0369. The number of carbonyl (C=O) groups is 1. The SMILES string of the molecule is CC1(C(=O)NCCC2CCCNC2)CCC1.Cl. The largest absolute Gasteiger partial charge is 0.356 e. The summed E-state index contributed by atoms with van der Waals surface area (Å²) in [6, 6.07) is 0. The van der Waals surface area contributed by atoms with Gasteiger partial charge in [-0.1, -0.05) is 13.3 Å². The van der Waals surface area contributed by atoms with Crippen LogP contribution in [0.15, 0.2) is 0 Å². The molecule has 1 heterocycles. The van der Waals surface area contributed by atoms with Crippen LogP contribution in [0.25, 0.3) is 0 Å². The zero-order valence-corrected chi connectivity index (χ0v) is 11.6. The molecule has 2 N–H and O–H groups in total. The number of carbonyl (C=O) groups excluding carboxylic acids is 1. The molecule has 0 aromatic carbocycles. The molecule has 1 unspecified atom stereocenters. The second-order valence-electron chi connectivity index (χ2n) is 5.67. The molecule has 1 atom stereocenters. The van der Waals surface area contributed by atoms with E-state index in [0.29, 0.717) is 0 Å².